The quantitative estimate of drug-likeness (QED) is 0.364. The zero-order chi connectivity index (χ0) is 23.3. The van der Waals surface area contributed by atoms with E-state index in [1.54, 1.807) is 0 Å². The number of aromatic nitrogens is 3. The third kappa shape index (κ3) is 11.4. The lowest BCUT2D eigenvalue weighted by atomic mass is 9.87. The molecule has 1 amide bonds. The van der Waals surface area contributed by atoms with Gasteiger partial charge in [0.25, 0.3) is 0 Å². The van der Waals surface area contributed by atoms with Crippen molar-refractivity contribution in [3.05, 3.63) is 11.9 Å². The Morgan fingerprint density at radius 1 is 1.10 bits per heavy atom. The van der Waals surface area contributed by atoms with E-state index < -0.39 is 11.0 Å². The number of hydrogen-bond donors (Lipinski definition) is 1. The second-order valence-electron chi connectivity index (χ2n) is 9.70. The number of nitrogens with zero attached hydrogens (tertiary/aromatic N) is 3. The molecule has 0 saturated carbocycles. The zero-order valence-corrected chi connectivity index (χ0v) is 20.6. The fourth-order valence-electron chi connectivity index (χ4n) is 3.29. The summed E-state index contributed by atoms with van der Waals surface area (Å²) in [7, 11) is 0. The largest absolute Gasteiger partial charge is 0.374 e. The SMILES string of the molecule is CCCCCCn1cc(CCCC(=O)NCCC(C)(C)OCC(C)(C)C(=O)CC)nn1. The molecule has 1 aromatic heterocycles. The average molecular weight is 437 g/mol. The Labute approximate surface area is 188 Å². The highest BCUT2D eigenvalue weighted by Crippen LogP contribution is 2.23. The number of Topliss-reactive ketones (excluding diaryl/α,β-unsaturated/α-hetero) is 1. The summed E-state index contributed by atoms with van der Waals surface area (Å²) in [4.78, 5) is 24.1. The molecule has 0 aliphatic heterocycles. The summed E-state index contributed by atoms with van der Waals surface area (Å²) in [5, 5.41) is 11.4. The number of aryl methyl sites for hydroxylation is 2. The number of carbonyl (C=O) groups is 2. The van der Waals surface area contributed by atoms with Gasteiger partial charge >= 0.3 is 0 Å². The lowest BCUT2D eigenvalue weighted by Gasteiger charge is -2.31. The van der Waals surface area contributed by atoms with Crippen LogP contribution in [0.25, 0.3) is 0 Å². The summed E-state index contributed by atoms with van der Waals surface area (Å²) in [5.74, 6) is 0.248. The number of nitrogens with one attached hydrogen (secondary N) is 1. The summed E-state index contributed by atoms with van der Waals surface area (Å²) in [6.07, 6.45) is 10.0. The molecule has 0 bridgehead atoms. The molecule has 1 N–H and O–H groups in total. The highest BCUT2D eigenvalue weighted by atomic mass is 16.5. The molecule has 1 heterocycles. The van der Waals surface area contributed by atoms with Crippen molar-refractivity contribution >= 4 is 11.7 Å². The van der Waals surface area contributed by atoms with E-state index in [0.717, 1.165) is 31.5 Å². The van der Waals surface area contributed by atoms with Crippen molar-refractivity contribution in [2.24, 2.45) is 5.41 Å². The number of carbonyl (C=O) groups excluding carboxylic acids is 2. The van der Waals surface area contributed by atoms with Crippen LogP contribution in [0, 0.1) is 5.41 Å². The third-order valence-electron chi connectivity index (χ3n) is 5.61. The van der Waals surface area contributed by atoms with Gasteiger partial charge in [0.2, 0.25) is 5.91 Å². The monoisotopic (exact) mass is 436 g/mol. The van der Waals surface area contributed by atoms with E-state index in [-0.39, 0.29) is 11.7 Å². The average Bonchev–Trinajstić information content (AvgIpc) is 3.16. The van der Waals surface area contributed by atoms with Gasteiger partial charge in [-0.05, 0) is 39.5 Å². The normalized spacial score (nSPS) is 12.2. The summed E-state index contributed by atoms with van der Waals surface area (Å²) in [5.41, 5.74) is 0.0722. The van der Waals surface area contributed by atoms with Crippen molar-refractivity contribution in [1.29, 1.82) is 0 Å². The van der Waals surface area contributed by atoms with E-state index in [1.165, 1.54) is 19.3 Å². The Bertz CT molecular complexity index is 668. The van der Waals surface area contributed by atoms with Crippen LogP contribution in [0.5, 0.6) is 0 Å². The molecule has 0 saturated heterocycles. The number of ketones is 1. The topological polar surface area (TPSA) is 86.1 Å². The lowest BCUT2D eigenvalue weighted by Crippen LogP contribution is -2.37. The van der Waals surface area contributed by atoms with Gasteiger partial charge in [-0.1, -0.05) is 52.2 Å². The molecule has 0 fully saturated rings. The van der Waals surface area contributed by atoms with Gasteiger partial charge in [0.1, 0.15) is 5.78 Å². The summed E-state index contributed by atoms with van der Waals surface area (Å²) in [6, 6.07) is 0. The highest BCUT2D eigenvalue weighted by Gasteiger charge is 2.29. The maximum absolute atomic E-state index is 12.1. The minimum absolute atomic E-state index is 0.0456. The van der Waals surface area contributed by atoms with Crippen molar-refractivity contribution < 1.29 is 14.3 Å². The molecule has 1 rings (SSSR count). The highest BCUT2D eigenvalue weighted by molar-refractivity contribution is 5.83. The van der Waals surface area contributed by atoms with Gasteiger partial charge in [-0.3, -0.25) is 14.3 Å². The minimum Gasteiger partial charge on any atom is -0.374 e. The number of amides is 1. The van der Waals surface area contributed by atoms with Crippen molar-refractivity contribution in [2.75, 3.05) is 13.2 Å². The predicted octanol–water partition coefficient (Wildman–Crippen LogP) is 4.49. The molecule has 7 heteroatoms. The Kier molecular flexibility index (Phi) is 12.0. The first-order chi connectivity index (χ1) is 14.6. The van der Waals surface area contributed by atoms with Crippen molar-refractivity contribution in [3.63, 3.8) is 0 Å². The molecule has 0 spiro atoms. The minimum atomic E-state index is -0.480. The lowest BCUT2D eigenvalue weighted by molar-refractivity contribution is -0.134. The van der Waals surface area contributed by atoms with Crippen molar-refractivity contribution in [1.82, 2.24) is 20.3 Å². The third-order valence-corrected chi connectivity index (χ3v) is 5.61. The van der Waals surface area contributed by atoms with Gasteiger partial charge < -0.3 is 10.1 Å². The van der Waals surface area contributed by atoms with Crippen LogP contribution in [-0.4, -0.2) is 45.4 Å². The van der Waals surface area contributed by atoms with Gasteiger partial charge in [0.05, 0.1) is 17.9 Å². The molecule has 31 heavy (non-hydrogen) atoms. The van der Waals surface area contributed by atoms with Gasteiger partial charge in [0, 0.05) is 37.5 Å². The molecule has 0 aromatic carbocycles. The molecule has 0 atom stereocenters. The van der Waals surface area contributed by atoms with Gasteiger partial charge in [-0.2, -0.15) is 0 Å². The van der Waals surface area contributed by atoms with Crippen LogP contribution < -0.4 is 5.32 Å². The van der Waals surface area contributed by atoms with E-state index >= 15 is 0 Å². The maximum Gasteiger partial charge on any atom is 0.220 e. The Balaban J connectivity index is 2.21. The Morgan fingerprint density at radius 2 is 1.84 bits per heavy atom. The number of hydrogen-bond acceptors (Lipinski definition) is 5. The standard InChI is InChI=1S/C24H44N4O3/c1-7-9-10-11-17-28-18-20(26-27-28)13-12-14-22(30)25-16-15-24(5,6)31-19-23(3,4)21(29)8-2/h18H,7-17,19H2,1-6H3,(H,25,30). The van der Waals surface area contributed by atoms with Crippen LogP contribution >= 0.6 is 0 Å². The van der Waals surface area contributed by atoms with Gasteiger partial charge in [-0.25, -0.2) is 0 Å². The smallest absolute Gasteiger partial charge is 0.220 e. The van der Waals surface area contributed by atoms with E-state index in [0.29, 0.717) is 32.4 Å². The second-order valence-corrected chi connectivity index (χ2v) is 9.70. The molecular weight excluding hydrogens is 392 g/mol. The van der Waals surface area contributed by atoms with E-state index in [1.807, 2.05) is 45.5 Å². The summed E-state index contributed by atoms with van der Waals surface area (Å²) in [6.45, 7) is 13.8. The first-order valence-corrected chi connectivity index (χ1v) is 11.9. The van der Waals surface area contributed by atoms with Gasteiger partial charge in [-0.15, -0.1) is 5.10 Å². The molecule has 7 nitrogen and oxygen atoms in total. The predicted molar refractivity (Wildman–Crippen MR) is 124 cm³/mol. The van der Waals surface area contributed by atoms with E-state index in [9.17, 15) is 9.59 Å². The molecule has 0 aliphatic rings. The summed E-state index contributed by atoms with van der Waals surface area (Å²) < 4.78 is 7.90. The maximum atomic E-state index is 12.1. The van der Waals surface area contributed by atoms with Crippen LogP contribution in [0.4, 0.5) is 0 Å². The number of ether oxygens (including phenoxy) is 1. The van der Waals surface area contributed by atoms with E-state index in [4.69, 9.17) is 4.74 Å². The molecule has 0 radical (unpaired) electrons. The summed E-state index contributed by atoms with van der Waals surface area (Å²) >= 11 is 0. The second kappa shape index (κ2) is 13.6. The van der Waals surface area contributed by atoms with Crippen LogP contribution in [0.3, 0.4) is 0 Å². The van der Waals surface area contributed by atoms with Crippen LogP contribution in [-0.2, 0) is 27.3 Å². The van der Waals surface area contributed by atoms with E-state index in [2.05, 4.69) is 22.6 Å². The fraction of sp³-hybridized carbons (Fsp3) is 0.833. The van der Waals surface area contributed by atoms with Crippen molar-refractivity contribution in [2.45, 2.75) is 111 Å². The fourth-order valence-corrected chi connectivity index (χ4v) is 3.29. The Hall–Kier alpha value is -1.76. The first kappa shape index (κ1) is 27.3. The first-order valence-electron chi connectivity index (χ1n) is 11.9. The number of unbranched alkanes of at least 4 members (excludes halogenated alkanes) is 3. The molecule has 0 unspecified atom stereocenters. The van der Waals surface area contributed by atoms with Crippen LogP contribution in [0.2, 0.25) is 0 Å². The molecule has 178 valence electrons. The van der Waals surface area contributed by atoms with Crippen LogP contribution in [0.1, 0.15) is 98.6 Å². The molecule has 1 aromatic rings. The van der Waals surface area contributed by atoms with Crippen molar-refractivity contribution in [3.8, 4) is 0 Å². The van der Waals surface area contributed by atoms with Crippen LogP contribution in [0.15, 0.2) is 6.20 Å². The zero-order valence-electron chi connectivity index (χ0n) is 20.6. The molecule has 0 aliphatic carbocycles. The molecular formula is C24H44N4O3. The van der Waals surface area contributed by atoms with Gasteiger partial charge in [0.15, 0.2) is 0 Å². The Morgan fingerprint density at radius 3 is 2.52 bits per heavy atom. The number of rotatable bonds is 17.